The molecule has 0 spiro atoms. The number of aromatic nitrogens is 1. The Hall–Kier alpha value is -2.28. The molecule has 0 radical (unpaired) electrons. The van der Waals surface area contributed by atoms with E-state index in [9.17, 15) is 13.0 Å². The maximum absolute atomic E-state index is 13.5. The maximum atomic E-state index is 13.5. The van der Waals surface area contributed by atoms with Crippen LogP contribution in [-0.4, -0.2) is 9.19 Å². The molecule has 0 amide bonds. The van der Waals surface area contributed by atoms with Crippen molar-refractivity contribution in [3.05, 3.63) is 53.6 Å². The van der Waals surface area contributed by atoms with Crippen molar-refractivity contribution in [3.8, 4) is 0 Å². The molecule has 4 nitrogen and oxygen atoms in total. The van der Waals surface area contributed by atoms with E-state index in [1.54, 1.807) is 18.2 Å². The Balaban J connectivity index is 1.94. The molecule has 7 heteroatoms. The van der Waals surface area contributed by atoms with E-state index in [-0.39, 0.29) is 16.5 Å². The highest BCUT2D eigenvalue weighted by molar-refractivity contribution is 7.84. The average molecular weight is 308 g/mol. The molecule has 1 atom stereocenters. The number of anilines is 1. The number of hydrogen-bond acceptors (Lipinski definition) is 4. The van der Waals surface area contributed by atoms with Crippen LogP contribution in [0.2, 0.25) is 0 Å². The summed E-state index contributed by atoms with van der Waals surface area (Å²) in [5.74, 6) is -1.84. The topological polar surface area (TPSA) is 69.1 Å². The second-order valence-corrected chi connectivity index (χ2v) is 5.73. The summed E-state index contributed by atoms with van der Waals surface area (Å²) in [7, 11) is -1.79. The van der Waals surface area contributed by atoms with Crippen LogP contribution in [0.1, 0.15) is 5.56 Å². The molecule has 1 heterocycles. The lowest BCUT2D eigenvalue weighted by atomic mass is 10.2. The summed E-state index contributed by atoms with van der Waals surface area (Å²) < 4.78 is 44.6. The van der Waals surface area contributed by atoms with Gasteiger partial charge in [0.25, 0.3) is 5.22 Å². The van der Waals surface area contributed by atoms with Crippen molar-refractivity contribution in [2.45, 2.75) is 11.0 Å². The van der Waals surface area contributed by atoms with Gasteiger partial charge in [0.2, 0.25) is 0 Å². The van der Waals surface area contributed by atoms with Gasteiger partial charge in [-0.1, -0.05) is 6.07 Å². The van der Waals surface area contributed by atoms with Gasteiger partial charge < -0.3 is 10.2 Å². The molecule has 3 rings (SSSR count). The summed E-state index contributed by atoms with van der Waals surface area (Å²) in [5.41, 5.74) is 6.71. The van der Waals surface area contributed by atoms with E-state index in [1.807, 2.05) is 0 Å². The van der Waals surface area contributed by atoms with E-state index in [0.29, 0.717) is 16.8 Å². The molecule has 1 aromatic heterocycles. The van der Waals surface area contributed by atoms with E-state index in [2.05, 4.69) is 4.98 Å². The van der Waals surface area contributed by atoms with Gasteiger partial charge in [0, 0.05) is 17.3 Å². The van der Waals surface area contributed by atoms with Crippen molar-refractivity contribution in [1.29, 1.82) is 0 Å². The Morgan fingerprint density at radius 2 is 1.90 bits per heavy atom. The lowest BCUT2D eigenvalue weighted by molar-refractivity contribution is 0.477. The predicted octanol–water partition coefficient (Wildman–Crippen LogP) is 3.00. The molecule has 0 fully saturated rings. The number of halogens is 2. The van der Waals surface area contributed by atoms with Crippen molar-refractivity contribution in [2.75, 3.05) is 5.73 Å². The molecule has 0 saturated carbocycles. The quantitative estimate of drug-likeness (QED) is 0.755. The van der Waals surface area contributed by atoms with Crippen LogP contribution in [0.4, 0.5) is 14.5 Å². The monoisotopic (exact) mass is 308 g/mol. The molecule has 0 saturated heterocycles. The molecular formula is C14H10F2N2O2S. The number of nitrogen functional groups attached to an aromatic ring is 1. The van der Waals surface area contributed by atoms with Crippen LogP contribution in [0.3, 0.4) is 0 Å². The summed E-state index contributed by atoms with van der Waals surface area (Å²) in [6.07, 6.45) is 0. The summed E-state index contributed by atoms with van der Waals surface area (Å²) in [4.78, 5) is 4.04. The standard InChI is InChI=1S/C14H10F2N2O2S/c15-10-2-1-3-11(16)9(10)7-21(19)14-18-12-5-4-8(17)6-13(12)20-14/h1-6H,7,17H2. The molecule has 2 aromatic carbocycles. The van der Waals surface area contributed by atoms with Gasteiger partial charge in [0.15, 0.2) is 5.58 Å². The van der Waals surface area contributed by atoms with Crippen LogP contribution in [0, 0.1) is 11.6 Å². The minimum absolute atomic E-state index is 0.0850. The molecule has 0 aliphatic heterocycles. The molecule has 0 bridgehead atoms. The third-order valence-electron chi connectivity index (χ3n) is 2.92. The number of benzene rings is 2. The van der Waals surface area contributed by atoms with E-state index >= 15 is 0 Å². The number of oxazole rings is 1. The van der Waals surface area contributed by atoms with Crippen molar-refractivity contribution in [1.82, 2.24) is 4.98 Å². The zero-order chi connectivity index (χ0) is 15.0. The molecule has 3 aromatic rings. The van der Waals surface area contributed by atoms with Gasteiger partial charge in [-0.15, -0.1) is 0 Å². The molecular weight excluding hydrogens is 298 g/mol. The first-order chi connectivity index (χ1) is 10.0. The fourth-order valence-corrected chi connectivity index (χ4v) is 2.92. The summed E-state index contributed by atoms with van der Waals surface area (Å²) in [5, 5.41) is -0.0850. The van der Waals surface area contributed by atoms with Gasteiger partial charge in [-0.25, -0.2) is 18.0 Å². The highest BCUT2D eigenvalue weighted by Gasteiger charge is 2.18. The van der Waals surface area contributed by atoms with Gasteiger partial charge >= 0.3 is 0 Å². The molecule has 21 heavy (non-hydrogen) atoms. The largest absolute Gasteiger partial charge is 0.430 e. The van der Waals surface area contributed by atoms with Crippen molar-refractivity contribution < 1.29 is 17.4 Å². The maximum Gasteiger partial charge on any atom is 0.288 e. The van der Waals surface area contributed by atoms with Crippen LogP contribution in [0.15, 0.2) is 46.0 Å². The highest BCUT2D eigenvalue weighted by Crippen LogP contribution is 2.23. The van der Waals surface area contributed by atoms with E-state index < -0.39 is 22.4 Å². The highest BCUT2D eigenvalue weighted by atomic mass is 32.2. The first kappa shape index (κ1) is 13.7. The zero-order valence-corrected chi connectivity index (χ0v) is 11.5. The van der Waals surface area contributed by atoms with E-state index in [4.69, 9.17) is 10.2 Å². The minimum Gasteiger partial charge on any atom is -0.430 e. The number of nitrogens with zero attached hydrogens (tertiary/aromatic N) is 1. The average Bonchev–Trinajstić information content (AvgIpc) is 2.86. The zero-order valence-electron chi connectivity index (χ0n) is 10.7. The molecule has 2 N–H and O–H groups in total. The normalized spacial score (nSPS) is 12.7. The summed E-state index contributed by atoms with van der Waals surface area (Å²) in [6.45, 7) is 0. The Labute approximate surface area is 121 Å². The number of hydrogen-bond donors (Lipinski definition) is 1. The molecule has 0 aliphatic carbocycles. The summed E-state index contributed by atoms with van der Waals surface area (Å²) >= 11 is 0. The van der Waals surface area contributed by atoms with Gasteiger partial charge in [-0.2, -0.15) is 0 Å². The molecule has 1 unspecified atom stereocenters. The Kier molecular flexibility index (Phi) is 3.42. The third-order valence-corrected chi connectivity index (χ3v) is 4.04. The first-order valence-corrected chi connectivity index (χ1v) is 7.34. The summed E-state index contributed by atoms with van der Waals surface area (Å²) in [6, 6.07) is 8.28. The Morgan fingerprint density at radius 1 is 1.19 bits per heavy atom. The fraction of sp³-hybridized carbons (Fsp3) is 0.0714. The second kappa shape index (κ2) is 5.25. The van der Waals surface area contributed by atoms with Crippen LogP contribution < -0.4 is 5.73 Å². The third kappa shape index (κ3) is 2.64. The number of nitrogens with two attached hydrogens (primary N) is 1. The van der Waals surface area contributed by atoms with Gasteiger partial charge in [-0.3, -0.25) is 0 Å². The molecule has 0 aliphatic rings. The smallest absolute Gasteiger partial charge is 0.288 e. The van der Waals surface area contributed by atoms with Crippen LogP contribution >= 0.6 is 0 Å². The van der Waals surface area contributed by atoms with Crippen LogP contribution in [0.25, 0.3) is 11.1 Å². The van der Waals surface area contributed by atoms with E-state index in [1.165, 1.54) is 6.07 Å². The minimum atomic E-state index is -1.79. The molecule has 108 valence electrons. The predicted molar refractivity (Wildman–Crippen MR) is 74.9 cm³/mol. The van der Waals surface area contributed by atoms with E-state index in [0.717, 1.165) is 12.1 Å². The second-order valence-electron chi connectivity index (χ2n) is 4.40. The van der Waals surface area contributed by atoms with Gasteiger partial charge in [-0.05, 0) is 24.3 Å². The Morgan fingerprint density at radius 3 is 2.62 bits per heavy atom. The SMILES string of the molecule is Nc1ccc2nc(S(=O)Cc3c(F)cccc3F)oc2c1. The van der Waals surface area contributed by atoms with Gasteiger partial charge in [0.1, 0.15) is 28.0 Å². The number of fused-ring (bicyclic) bond motifs is 1. The number of rotatable bonds is 3. The fourth-order valence-electron chi connectivity index (χ4n) is 1.88. The van der Waals surface area contributed by atoms with Gasteiger partial charge in [0.05, 0.1) is 5.75 Å². The van der Waals surface area contributed by atoms with Crippen molar-refractivity contribution in [2.24, 2.45) is 0 Å². The lowest BCUT2D eigenvalue weighted by Gasteiger charge is -2.02. The first-order valence-electron chi connectivity index (χ1n) is 6.02. The van der Waals surface area contributed by atoms with Crippen LogP contribution in [-0.2, 0) is 16.6 Å². The van der Waals surface area contributed by atoms with Crippen molar-refractivity contribution >= 4 is 27.6 Å². The van der Waals surface area contributed by atoms with Crippen LogP contribution in [0.5, 0.6) is 0 Å². The Bertz CT molecular complexity index is 828. The van der Waals surface area contributed by atoms with Crippen molar-refractivity contribution in [3.63, 3.8) is 0 Å². The lowest BCUT2D eigenvalue weighted by Crippen LogP contribution is -2.02.